The number of azide groups is 1. The van der Waals surface area contributed by atoms with Crippen LogP contribution < -0.4 is 16.4 Å². The Hall–Kier alpha value is -2.19. The molecule has 0 saturated heterocycles. The van der Waals surface area contributed by atoms with Crippen LogP contribution in [0.25, 0.3) is 10.4 Å². The van der Waals surface area contributed by atoms with Crippen molar-refractivity contribution in [3.05, 3.63) is 44.3 Å². The van der Waals surface area contributed by atoms with E-state index in [1.807, 2.05) is 0 Å². The van der Waals surface area contributed by atoms with Crippen LogP contribution >= 0.6 is 0 Å². The molecule has 0 fully saturated rings. The summed E-state index contributed by atoms with van der Waals surface area (Å²) in [7, 11) is 0. The van der Waals surface area contributed by atoms with Crippen LogP contribution in [0.15, 0.2) is 23.3 Å². The topological polar surface area (TPSA) is 142 Å². The summed E-state index contributed by atoms with van der Waals surface area (Å²) in [5.74, 6) is 0. The van der Waals surface area contributed by atoms with Crippen molar-refractivity contribution < 1.29 is 4.92 Å². The van der Waals surface area contributed by atoms with E-state index in [1.54, 1.807) is 12.1 Å². The van der Waals surface area contributed by atoms with E-state index in [0.29, 0.717) is 18.7 Å². The van der Waals surface area contributed by atoms with Crippen LogP contribution in [0.4, 0.5) is 11.4 Å². The van der Waals surface area contributed by atoms with Gasteiger partial charge in [-0.25, -0.2) is 0 Å². The number of nitrogens with one attached hydrogen (secondary N) is 2. The number of hydrogen-bond acceptors (Lipinski definition) is 6. The van der Waals surface area contributed by atoms with Crippen molar-refractivity contribution in [3.63, 3.8) is 0 Å². The number of nitrogens with zero attached hydrogens (tertiary/aromatic N) is 4. The van der Waals surface area contributed by atoms with Gasteiger partial charge in [0.2, 0.25) is 0 Å². The van der Waals surface area contributed by atoms with Crippen molar-refractivity contribution in [1.82, 2.24) is 10.6 Å². The molecule has 0 aliphatic heterocycles. The Bertz CT molecular complexity index is 529. The number of hydrogen-bond donors (Lipinski definition) is 3. The summed E-state index contributed by atoms with van der Waals surface area (Å²) in [5.41, 5.74) is 14.5. The highest BCUT2D eigenvalue weighted by Crippen LogP contribution is 2.25. The quantitative estimate of drug-likeness (QED) is 0.143. The molecule has 1 aromatic carbocycles. The van der Waals surface area contributed by atoms with Gasteiger partial charge < -0.3 is 16.4 Å². The zero-order valence-electron chi connectivity index (χ0n) is 12.4. The second-order valence-corrected chi connectivity index (χ2v) is 4.68. The van der Waals surface area contributed by atoms with Crippen LogP contribution in [0.2, 0.25) is 0 Å². The van der Waals surface area contributed by atoms with Crippen LogP contribution in [-0.2, 0) is 6.54 Å². The van der Waals surface area contributed by atoms with Crippen LogP contribution in [0.5, 0.6) is 0 Å². The Morgan fingerprint density at radius 1 is 1.27 bits per heavy atom. The van der Waals surface area contributed by atoms with Crippen LogP contribution in [-0.4, -0.2) is 31.1 Å². The lowest BCUT2D eigenvalue weighted by atomic mass is 10.1. The summed E-state index contributed by atoms with van der Waals surface area (Å²) < 4.78 is 0. The SMILES string of the molecule is [N-]=[N+]=Nc1ccc(CNCCCNCCCN)c([N+](=O)[O-])c1. The van der Waals surface area contributed by atoms with E-state index in [0.717, 1.165) is 32.5 Å². The Balaban J connectivity index is 2.42. The summed E-state index contributed by atoms with van der Waals surface area (Å²) >= 11 is 0. The number of benzene rings is 1. The van der Waals surface area contributed by atoms with E-state index in [-0.39, 0.29) is 11.4 Å². The van der Waals surface area contributed by atoms with E-state index < -0.39 is 4.92 Å². The second kappa shape index (κ2) is 10.5. The van der Waals surface area contributed by atoms with Crippen LogP contribution in [0.1, 0.15) is 18.4 Å². The Kier molecular flexibility index (Phi) is 8.54. The number of rotatable bonds is 11. The fourth-order valence-corrected chi connectivity index (χ4v) is 1.90. The van der Waals surface area contributed by atoms with Gasteiger partial charge in [-0.1, -0.05) is 17.2 Å². The van der Waals surface area contributed by atoms with Crippen molar-refractivity contribution in [2.45, 2.75) is 19.4 Å². The Labute approximate surface area is 128 Å². The van der Waals surface area contributed by atoms with Crippen molar-refractivity contribution >= 4 is 11.4 Å². The summed E-state index contributed by atoms with van der Waals surface area (Å²) in [5, 5.41) is 20.8. The van der Waals surface area contributed by atoms with Gasteiger partial charge in [0.05, 0.1) is 4.92 Å². The standard InChI is InChI=1S/C13H21N7O2/c14-5-1-6-16-7-2-8-17-10-11-3-4-12(18-19-15)9-13(11)20(21)22/h3-4,9,16-17H,1-2,5-8,10,14H2. The van der Waals surface area contributed by atoms with Gasteiger partial charge in [-0.05, 0) is 44.6 Å². The molecule has 22 heavy (non-hydrogen) atoms. The molecule has 9 nitrogen and oxygen atoms in total. The van der Waals surface area contributed by atoms with Gasteiger partial charge in [-0.2, -0.15) is 0 Å². The number of nitro groups is 1. The fourth-order valence-electron chi connectivity index (χ4n) is 1.90. The summed E-state index contributed by atoms with van der Waals surface area (Å²) in [4.78, 5) is 13.2. The largest absolute Gasteiger partial charge is 0.330 e. The molecule has 1 aromatic rings. The third-order valence-electron chi connectivity index (χ3n) is 3.01. The molecule has 0 spiro atoms. The maximum Gasteiger partial charge on any atom is 0.274 e. The summed E-state index contributed by atoms with van der Waals surface area (Å²) in [6, 6.07) is 4.46. The van der Waals surface area contributed by atoms with Gasteiger partial charge in [0.1, 0.15) is 0 Å². The first-order valence-corrected chi connectivity index (χ1v) is 7.13. The number of nitro benzene ring substituents is 1. The lowest BCUT2D eigenvalue weighted by Gasteiger charge is -2.07. The minimum absolute atomic E-state index is 0.0431. The Morgan fingerprint density at radius 3 is 2.68 bits per heavy atom. The molecule has 0 aliphatic rings. The van der Waals surface area contributed by atoms with E-state index in [2.05, 4.69) is 20.7 Å². The molecule has 9 heteroatoms. The van der Waals surface area contributed by atoms with Crippen molar-refractivity contribution in [2.24, 2.45) is 10.8 Å². The first-order chi connectivity index (χ1) is 10.7. The van der Waals surface area contributed by atoms with Gasteiger partial charge in [-0.3, -0.25) is 10.1 Å². The number of nitrogens with two attached hydrogens (primary N) is 1. The molecular formula is C13H21N7O2. The molecule has 0 saturated carbocycles. The van der Waals surface area contributed by atoms with Crippen molar-refractivity contribution in [2.75, 3.05) is 26.2 Å². The van der Waals surface area contributed by atoms with Gasteiger partial charge in [0.25, 0.3) is 5.69 Å². The maximum absolute atomic E-state index is 11.0. The molecule has 4 N–H and O–H groups in total. The van der Waals surface area contributed by atoms with Gasteiger partial charge >= 0.3 is 0 Å². The van der Waals surface area contributed by atoms with Gasteiger partial charge in [0.15, 0.2) is 0 Å². The lowest BCUT2D eigenvalue weighted by molar-refractivity contribution is -0.385. The predicted molar refractivity (Wildman–Crippen MR) is 84.8 cm³/mol. The third kappa shape index (κ3) is 6.51. The highest BCUT2D eigenvalue weighted by atomic mass is 16.6. The molecule has 0 aliphatic carbocycles. The minimum atomic E-state index is -0.470. The fraction of sp³-hybridized carbons (Fsp3) is 0.538. The molecule has 0 amide bonds. The predicted octanol–water partition coefficient (Wildman–Crippen LogP) is 1.95. The van der Waals surface area contributed by atoms with Crippen LogP contribution in [0.3, 0.4) is 0 Å². The molecule has 0 aromatic heterocycles. The molecule has 1 rings (SSSR count). The Morgan fingerprint density at radius 2 is 2.00 bits per heavy atom. The normalized spacial score (nSPS) is 10.2. The zero-order chi connectivity index (χ0) is 16.2. The van der Waals surface area contributed by atoms with E-state index in [9.17, 15) is 10.1 Å². The first-order valence-electron chi connectivity index (χ1n) is 7.13. The van der Waals surface area contributed by atoms with Crippen molar-refractivity contribution in [1.29, 1.82) is 0 Å². The van der Waals surface area contributed by atoms with E-state index in [1.165, 1.54) is 6.07 Å². The minimum Gasteiger partial charge on any atom is -0.330 e. The smallest absolute Gasteiger partial charge is 0.274 e. The molecule has 0 heterocycles. The zero-order valence-corrected chi connectivity index (χ0v) is 12.4. The molecule has 0 bridgehead atoms. The lowest BCUT2D eigenvalue weighted by Crippen LogP contribution is -2.23. The molecule has 0 atom stereocenters. The summed E-state index contributed by atoms with van der Waals surface area (Å²) in [6.07, 6.45) is 1.88. The molecule has 0 unspecified atom stereocenters. The van der Waals surface area contributed by atoms with Crippen molar-refractivity contribution in [3.8, 4) is 0 Å². The highest BCUT2D eigenvalue weighted by molar-refractivity contribution is 5.52. The maximum atomic E-state index is 11.0. The average Bonchev–Trinajstić information content (AvgIpc) is 2.51. The molecular weight excluding hydrogens is 286 g/mol. The average molecular weight is 307 g/mol. The first kappa shape index (κ1) is 17.9. The third-order valence-corrected chi connectivity index (χ3v) is 3.01. The second-order valence-electron chi connectivity index (χ2n) is 4.68. The van der Waals surface area contributed by atoms with Crippen LogP contribution in [0, 0.1) is 10.1 Å². The summed E-state index contributed by atoms with van der Waals surface area (Å²) in [6.45, 7) is 3.62. The molecule has 0 radical (unpaired) electrons. The monoisotopic (exact) mass is 307 g/mol. The van der Waals surface area contributed by atoms with E-state index in [4.69, 9.17) is 11.3 Å². The van der Waals surface area contributed by atoms with Gasteiger partial charge in [0, 0.05) is 28.8 Å². The van der Waals surface area contributed by atoms with Gasteiger partial charge in [-0.15, -0.1) is 0 Å². The molecule has 120 valence electrons. The van der Waals surface area contributed by atoms with E-state index >= 15 is 0 Å². The highest BCUT2D eigenvalue weighted by Gasteiger charge is 2.13.